The van der Waals surface area contributed by atoms with E-state index < -0.39 is 0 Å². The third kappa shape index (κ3) is 3.40. The van der Waals surface area contributed by atoms with Gasteiger partial charge in [-0.2, -0.15) is 0 Å². The number of hydrogen-bond acceptors (Lipinski definition) is 2. The van der Waals surface area contributed by atoms with Gasteiger partial charge in [0.05, 0.1) is 0 Å². The number of alkyl halides is 1. The molecule has 1 aromatic carbocycles. The second-order valence-corrected chi connectivity index (χ2v) is 4.43. The minimum absolute atomic E-state index is 0.0815. The summed E-state index contributed by atoms with van der Waals surface area (Å²) < 4.78 is 0. The number of halogens is 1. The molecule has 0 saturated heterocycles. The molecule has 0 aliphatic rings. The van der Waals surface area contributed by atoms with Gasteiger partial charge < -0.3 is 5.32 Å². The maximum Gasteiger partial charge on any atom is 0.251 e. The second-order valence-electron chi connectivity index (χ2n) is 3.87. The van der Waals surface area contributed by atoms with Gasteiger partial charge in [-0.05, 0) is 23.3 Å². The van der Waals surface area contributed by atoms with E-state index in [1.165, 1.54) is 5.56 Å². The van der Waals surface area contributed by atoms with Crippen LogP contribution in [0.15, 0.2) is 48.8 Å². The summed E-state index contributed by atoms with van der Waals surface area (Å²) in [6.45, 7) is 0.531. The van der Waals surface area contributed by atoms with Crippen LogP contribution >= 0.6 is 15.9 Å². The molecule has 0 unspecified atom stereocenters. The van der Waals surface area contributed by atoms with Gasteiger partial charge in [-0.3, -0.25) is 9.78 Å². The van der Waals surface area contributed by atoms with Gasteiger partial charge in [0.2, 0.25) is 0 Å². The normalized spacial score (nSPS) is 10.1. The zero-order chi connectivity index (χ0) is 12.8. The first-order valence-corrected chi connectivity index (χ1v) is 6.74. The van der Waals surface area contributed by atoms with E-state index in [1.54, 1.807) is 24.5 Å². The van der Waals surface area contributed by atoms with Crippen molar-refractivity contribution in [2.45, 2.75) is 11.9 Å². The van der Waals surface area contributed by atoms with Crippen molar-refractivity contribution in [3.63, 3.8) is 0 Å². The molecular weight excluding hydrogens is 292 g/mol. The number of pyridine rings is 1. The fraction of sp³-hybridized carbons (Fsp3) is 0.143. The molecule has 3 nitrogen and oxygen atoms in total. The minimum atomic E-state index is -0.0815. The zero-order valence-corrected chi connectivity index (χ0v) is 11.4. The van der Waals surface area contributed by atoms with E-state index in [9.17, 15) is 4.79 Å². The Bertz CT molecular complexity index is 511. The predicted octanol–water partition coefficient (Wildman–Crippen LogP) is 2.91. The summed E-state index contributed by atoms with van der Waals surface area (Å²) in [5.74, 6) is -0.0815. The Kier molecular flexibility index (Phi) is 4.47. The standard InChI is InChI=1S/C14H13BrN2O/c15-9-11-1-3-12(4-2-11)10-17-14(18)13-5-7-16-8-6-13/h1-8H,9-10H2,(H,17,18). The molecule has 1 amide bonds. The smallest absolute Gasteiger partial charge is 0.251 e. The summed E-state index contributed by atoms with van der Waals surface area (Å²) >= 11 is 3.40. The molecule has 1 N–H and O–H groups in total. The number of nitrogens with zero attached hydrogens (tertiary/aromatic N) is 1. The molecule has 4 heteroatoms. The molecule has 1 heterocycles. The Morgan fingerprint density at radius 2 is 1.67 bits per heavy atom. The number of hydrogen-bond donors (Lipinski definition) is 1. The molecule has 2 rings (SSSR count). The molecule has 2 aromatic rings. The third-order valence-electron chi connectivity index (χ3n) is 2.57. The van der Waals surface area contributed by atoms with Crippen molar-refractivity contribution in [1.29, 1.82) is 0 Å². The molecule has 0 saturated carbocycles. The average molecular weight is 305 g/mol. The first-order chi connectivity index (χ1) is 8.79. The largest absolute Gasteiger partial charge is 0.348 e. The van der Waals surface area contributed by atoms with Gasteiger partial charge in [0, 0.05) is 29.8 Å². The van der Waals surface area contributed by atoms with Crippen LogP contribution < -0.4 is 5.32 Å². The fourth-order valence-corrected chi connectivity index (χ4v) is 1.91. The average Bonchev–Trinajstić information content (AvgIpc) is 2.46. The Morgan fingerprint density at radius 1 is 1.06 bits per heavy atom. The number of carbonyl (C=O) groups is 1. The van der Waals surface area contributed by atoms with Crippen molar-refractivity contribution in [2.24, 2.45) is 0 Å². The van der Waals surface area contributed by atoms with Crippen molar-refractivity contribution in [1.82, 2.24) is 10.3 Å². The van der Waals surface area contributed by atoms with Crippen LogP contribution in [0.25, 0.3) is 0 Å². The van der Waals surface area contributed by atoms with Crippen LogP contribution in [0.5, 0.6) is 0 Å². The van der Waals surface area contributed by atoms with E-state index >= 15 is 0 Å². The number of carbonyl (C=O) groups excluding carboxylic acids is 1. The Morgan fingerprint density at radius 3 is 2.28 bits per heavy atom. The lowest BCUT2D eigenvalue weighted by Crippen LogP contribution is -2.22. The monoisotopic (exact) mass is 304 g/mol. The van der Waals surface area contributed by atoms with Gasteiger partial charge >= 0.3 is 0 Å². The van der Waals surface area contributed by atoms with Crippen LogP contribution in [0.2, 0.25) is 0 Å². The van der Waals surface area contributed by atoms with E-state index in [-0.39, 0.29) is 5.91 Å². The molecule has 0 spiro atoms. The van der Waals surface area contributed by atoms with Crippen LogP contribution in [0.3, 0.4) is 0 Å². The van der Waals surface area contributed by atoms with Crippen LogP contribution in [0.4, 0.5) is 0 Å². The lowest BCUT2D eigenvalue weighted by atomic mass is 10.1. The third-order valence-corrected chi connectivity index (χ3v) is 3.22. The van der Waals surface area contributed by atoms with E-state index in [2.05, 4.69) is 26.2 Å². The van der Waals surface area contributed by atoms with Crippen LogP contribution in [0, 0.1) is 0 Å². The topological polar surface area (TPSA) is 42.0 Å². The summed E-state index contributed by atoms with van der Waals surface area (Å²) in [7, 11) is 0. The highest BCUT2D eigenvalue weighted by Gasteiger charge is 2.03. The van der Waals surface area contributed by atoms with Crippen LogP contribution in [0.1, 0.15) is 21.5 Å². The minimum Gasteiger partial charge on any atom is -0.348 e. The SMILES string of the molecule is O=C(NCc1ccc(CBr)cc1)c1ccncc1. The Labute approximate surface area is 114 Å². The number of aromatic nitrogens is 1. The van der Waals surface area contributed by atoms with Gasteiger partial charge in [-0.15, -0.1) is 0 Å². The van der Waals surface area contributed by atoms with E-state index in [0.29, 0.717) is 12.1 Å². The first kappa shape index (κ1) is 12.8. The van der Waals surface area contributed by atoms with E-state index in [0.717, 1.165) is 10.9 Å². The highest BCUT2D eigenvalue weighted by molar-refractivity contribution is 9.08. The lowest BCUT2D eigenvalue weighted by molar-refractivity contribution is 0.0951. The second kappa shape index (κ2) is 6.31. The zero-order valence-electron chi connectivity index (χ0n) is 9.77. The summed E-state index contributed by atoms with van der Waals surface area (Å²) in [5, 5.41) is 3.72. The molecule has 0 aliphatic heterocycles. The quantitative estimate of drug-likeness (QED) is 0.883. The first-order valence-electron chi connectivity index (χ1n) is 5.61. The van der Waals surface area contributed by atoms with E-state index in [4.69, 9.17) is 0 Å². The van der Waals surface area contributed by atoms with Crippen molar-refractivity contribution < 1.29 is 4.79 Å². The highest BCUT2D eigenvalue weighted by atomic mass is 79.9. The molecular formula is C14H13BrN2O. The van der Waals surface area contributed by atoms with Crippen molar-refractivity contribution in [3.05, 3.63) is 65.5 Å². The molecule has 18 heavy (non-hydrogen) atoms. The van der Waals surface area contributed by atoms with E-state index in [1.807, 2.05) is 24.3 Å². The Balaban J connectivity index is 1.93. The number of rotatable bonds is 4. The highest BCUT2D eigenvalue weighted by Crippen LogP contribution is 2.08. The molecule has 0 radical (unpaired) electrons. The molecule has 0 fully saturated rings. The number of benzene rings is 1. The van der Waals surface area contributed by atoms with Gasteiger partial charge in [-0.25, -0.2) is 0 Å². The maximum absolute atomic E-state index is 11.8. The van der Waals surface area contributed by atoms with Gasteiger partial charge in [-0.1, -0.05) is 40.2 Å². The van der Waals surface area contributed by atoms with Gasteiger partial charge in [0.25, 0.3) is 5.91 Å². The van der Waals surface area contributed by atoms with Gasteiger partial charge in [0.15, 0.2) is 0 Å². The molecule has 0 bridgehead atoms. The van der Waals surface area contributed by atoms with Gasteiger partial charge in [0.1, 0.15) is 0 Å². The molecule has 0 atom stereocenters. The van der Waals surface area contributed by atoms with Crippen LogP contribution in [-0.2, 0) is 11.9 Å². The van der Waals surface area contributed by atoms with Crippen molar-refractivity contribution in [3.8, 4) is 0 Å². The molecule has 92 valence electrons. The summed E-state index contributed by atoms with van der Waals surface area (Å²) in [6, 6.07) is 11.5. The number of amides is 1. The van der Waals surface area contributed by atoms with Crippen LogP contribution in [-0.4, -0.2) is 10.9 Å². The number of nitrogens with one attached hydrogen (secondary N) is 1. The van der Waals surface area contributed by atoms with Crippen molar-refractivity contribution in [2.75, 3.05) is 0 Å². The lowest BCUT2D eigenvalue weighted by Gasteiger charge is -2.05. The molecule has 0 aliphatic carbocycles. The predicted molar refractivity (Wildman–Crippen MR) is 74.5 cm³/mol. The maximum atomic E-state index is 11.8. The summed E-state index contributed by atoms with van der Waals surface area (Å²) in [4.78, 5) is 15.7. The summed E-state index contributed by atoms with van der Waals surface area (Å²) in [6.07, 6.45) is 3.22. The summed E-state index contributed by atoms with van der Waals surface area (Å²) in [5.41, 5.74) is 2.93. The fourth-order valence-electron chi connectivity index (χ4n) is 1.53. The molecule has 1 aromatic heterocycles. The Hall–Kier alpha value is -1.68. The van der Waals surface area contributed by atoms with Crippen molar-refractivity contribution >= 4 is 21.8 Å².